The number of ketones is 1. The molecule has 1 saturated carbocycles. The molecular weight excluding hydrogens is 186 g/mol. The zero-order chi connectivity index (χ0) is 11.3. The van der Waals surface area contributed by atoms with Gasteiger partial charge < -0.3 is 0 Å². The lowest BCUT2D eigenvalue weighted by molar-refractivity contribution is -0.120. The molecule has 15 heavy (non-hydrogen) atoms. The van der Waals surface area contributed by atoms with Gasteiger partial charge in [-0.05, 0) is 50.5 Å². The Morgan fingerprint density at radius 3 is 2.33 bits per heavy atom. The van der Waals surface area contributed by atoms with Gasteiger partial charge >= 0.3 is 0 Å². The van der Waals surface area contributed by atoms with Crippen molar-refractivity contribution in [2.45, 2.75) is 52.5 Å². The average Bonchev–Trinajstić information content (AvgIpc) is 2.68. The highest BCUT2D eigenvalue weighted by Crippen LogP contribution is 2.72. The summed E-state index contributed by atoms with van der Waals surface area (Å²) < 4.78 is 0. The molecule has 0 bridgehead atoms. The summed E-state index contributed by atoms with van der Waals surface area (Å²) in [6.45, 7) is 7.49. The van der Waals surface area contributed by atoms with Crippen LogP contribution in [0.2, 0.25) is 0 Å². The highest BCUT2D eigenvalue weighted by Gasteiger charge is 2.68. The molecule has 1 saturated heterocycles. The van der Waals surface area contributed by atoms with Crippen molar-refractivity contribution < 1.29 is 4.79 Å². The number of likely N-dealkylation sites (tertiary alicyclic amines) is 1. The first kappa shape index (κ1) is 11.1. The van der Waals surface area contributed by atoms with Crippen LogP contribution in [0.1, 0.15) is 46.5 Å². The van der Waals surface area contributed by atoms with Crippen molar-refractivity contribution >= 4 is 5.78 Å². The fourth-order valence-corrected chi connectivity index (χ4v) is 4.00. The van der Waals surface area contributed by atoms with Crippen molar-refractivity contribution in [2.24, 2.45) is 10.8 Å². The predicted molar refractivity (Wildman–Crippen MR) is 61.8 cm³/mol. The van der Waals surface area contributed by atoms with Crippen LogP contribution in [0, 0.1) is 10.8 Å². The van der Waals surface area contributed by atoms with Gasteiger partial charge in [0.15, 0.2) is 0 Å². The van der Waals surface area contributed by atoms with Crippen LogP contribution in [-0.2, 0) is 4.79 Å². The number of nitrogens with zero attached hydrogens (tertiary/aromatic N) is 1. The molecule has 2 rings (SSSR count). The van der Waals surface area contributed by atoms with Gasteiger partial charge in [0.05, 0.1) is 6.04 Å². The van der Waals surface area contributed by atoms with Crippen LogP contribution in [0.5, 0.6) is 0 Å². The van der Waals surface area contributed by atoms with E-state index >= 15 is 0 Å². The van der Waals surface area contributed by atoms with E-state index in [2.05, 4.69) is 25.8 Å². The van der Waals surface area contributed by atoms with Gasteiger partial charge in [0.25, 0.3) is 0 Å². The first-order valence-corrected chi connectivity index (χ1v) is 6.21. The first-order valence-electron chi connectivity index (χ1n) is 6.21. The number of likely N-dealkylation sites (N-methyl/N-ethyl adjacent to an activating group) is 1. The van der Waals surface area contributed by atoms with E-state index in [-0.39, 0.29) is 6.04 Å². The first-order chi connectivity index (χ1) is 7.00. The molecule has 1 aliphatic heterocycles. The molecular formula is C13H23NO. The SMILES string of the molecule is CCC1(CC)C[C@@]12C[C@@H](C(C)=O)N(C)C2. The molecule has 86 valence electrons. The number of carbonyl (C=O) groups excluding carboxylic acids is 1. The van der Waals surface area contributed by atoms with Gasteiger partial charge in [-0.1, -0.05) is 13.8 Å². The van der Waals surface area contributed by atoms with Crippen molar-refractivity contribution in [3.05, 3.63) is 0 Å². The summed E-state index contributed by atoms with van der Waals surface area (Å²) in [5.74, 6) is 0.349. The molecule has 0 aromatic rings. The van der Waals surface area contributed by atoms with Gasteiger partial charge in [-0.2, -0.15) is 0 Å². The molecule has 1 spiro atoms. The summed E-state index contributed by atoms with van der Waals surface area (Å²) in [5, 5.41) is 0. The molecule has 1 aliphatic carbocycles. The molecule has 0 radical (unpaired) electrons. The number of rotatable bonds is 3. The van der Waals surface area contributed by atoms with Crippen LogP contribution in [0.3, 0.4) is 0 Å². The van der Waals surface area contributed by atoms with Gasteiger partial charge in [0.2, 0.25) is 0 Å². The molecule has 2 aliphatic rings. The average molecular weight is 209 g/mol. The third-order valence-electron chi connectivity index (χ3n) is 5.17. The van der Waals surface area contributed by atoms with Crippen LogP contribution in [-0.4, -0.2) is 30.3 Å². The molecule has 0 aromatic heterocycles. The summed E-state index contributed by atoms with van der Waals surface area (Å²) in [5.41, 5.74) is 1.05. The molecule has 1 heterocycles. The minimum Gasteiger partial charge on any atom is -0.298 e. The van der Waals surface area contributed by atoms with E-state index in [1.165, 1.54) is 19.3 Å². The third-order valence-corrected chi connectivity index (χ3v) is 5.17. The Morgan fingerprint density at radius 2 is 2.00 bits per heavy atom. The minimum atomic E-state index is 0.199. The second-order valence-electron chi connectivity index (χ2n) is 5.69. The Kier molecular flexibility index (Phi) is 2.45. The van der Waals surface area contributed by atoms with E-state index in [9.17, 15) is 4.79 Å². The Bertz CT molecular complexity index is 282. The molecule has 0 amide bonds. The summed E-state index contributed by atoms with van der Waals surface area (Å²) >= 11 is 0. The molecule has 0 N–H and O–H groups in total. The van der Waals surface area contributed by atoms with Gasteiger partial charge in [0.1, 0.15) is 5.78 Å². The quantitative estimate of drug-likeness (QED) is 0.711. The van der Waals surface area contributed by atoms with Crippen LogP contribution in [0.4, 0.5) is 0 Å². The van der Waals surface area contributed by atoms with E-state index < -0.39 is 0 Å². The molecule has 0 aromatic carbocycles. The number of carbonyl (C=O) groups is 1. The standard InChI is InChI=1S/C13H23NO/c1-5-12(6-2)8-13(12)7-11(10(3)15)14(4)9-13/h11H,5-9H2,1-4H3/t11-,13+/m0/s1. The molecule has 2 nitrogen and oxygen atoms in total. The van der Waals surface area contributed by atoms with Crippen LogP contribution < -0.4 is 0 Å². The van der Waals surface area contributed by atoms with Crippen molar-refractivity contribution in [3.63, 3.8) is 0 Å². The van der Waals surface area contributed by atoms with E-state index in [0.717, 1.165) is 13.0 Å². The van der Waals surface area contributed by atoms with Gasteiger partial charge in [0, 0.05) is 6.54 Å². The number of hydrogen-bond acceptors (Lipinski definition) is 2. The normalized spacial score (nSPS) is 38.5. The zero-order valence-corrected chi connectivity index (χ0v) is 10.5. The highest BCUT2D eigenvalue weighted by atomic mass is 16.1. The van der Waals surface area contributed by atoms with Crippen molar-refractivity contribution in [2.75, 3.05) is 13.6 Å². The minimum absolute atomic E-state index is 0.199. The van der Waals surface area contributed by atoms with Gasteiger partial charge in [-0.3, -0.25) is 9.69 Å². The second kappa shape index (κ2) is 3.31. The zero-order valence-electron chi connectivity index (χ0n) is 10.5. The van der Waals surface area contributed by atoms with Crippen molar-refractivity contribution in [3.8, 4) is 0 Å². The summed E-state index contributed by atoms with van der Waals surface area (Å²) in [6.07, 6.45) is 5.02. The van der Waals surface area contributed by atoms with Gasteiger partial charge in [-0.15, -0.1) is 0 Å². The monoisotopic (exact) mass is 209 g/mol. The Morgan fingerprint density at radius 1 is 1.40 bits per heavy atom. The predicted octanol–water partition coefficient (Wildman–Crippen LogP) is 2.48. The van der Waals surface area contributed by atoms with E-state index in [0.29, 0.717) is 16.6 Å². The Balaban J connectivity index is 2.14. The van der Waals surface area contributed by atoms with E-state index in [1.807, 2.05) is 0 Å². The van der Waals surface area contributed by atoms with Crippen LogP contribution in [0.25, 0.3) is 0 Å². The Hall–Kier alpha value is -0.370. The maximum atomic E-state index is 11.5. The smallest absolute Gasteiger partial charge is 0.146 e. The maximum Gasteiger partial charge on any atom is 0.146 e. The topological polar surface area (TPSA) is 20.3 Å². The molecule has 2 atom stereocenters. The highest BCUT2D eigenvalue weighted by molar-refractivity contribution is 5.82. The third kappa shape index (κ3) is 1.37. The van der Waals surface area contributed by atoms with E-state index in [4.69, 9.17) is 0 Å². The molecule has 2 fully saturated rings. The van der Waals surface area contributed by atoms with Crippen LogP contribution >= 0.6 is 0 Å². The summed E-state index contributed by atoms with van der Waals surface area (Å²) in [6, 6.07) is 0.199. The number of hydrogen-bond donors (Lipinski definition) is 0. The number of Topliss-reactive ketones (excluding diaryl/α,β-unsaturated/α-hetero) is 1. The van der Waals surface area contributed by atoms with Crippen LogP contribution in [0.15, 0.2) is 0 Å². The lowest BCUT2D eigenvalue weighted by Gasteiger charge is -2.18. The second-order valence-corrected chi connectivity index (χ2v) is 5.69. The molecule has 2 heteroatoms. The van der Waals surface area contributed by atoms with E-state index in [1.54, 1.807) is 6.92 Å². The molecule has 0 unspecified atom stereocenters. The lowest BCUT2D eigenvalue weighted by atomic mass is 9.86. The van der Waals surface area contributed by atoms with Gasteiger partial charge in [-0.25, -0.2) is 0 Å². The van der Waals surface area contributed by atoms with Crippen molar-refractivity contribution in [1.29, 1.82) is 0 Å². The summed E-state index contributed by atoms with van der Waals surface area (Å²) in [7, 11) is 2.11. The fraction of sp³-hybridized carbons (Fsp3) is 0.923. The largest absolute Gasteiger partial charge is 0.298 e. The lowest BCUT2D eigenvalue weighted by Crippen LogP contribution is -2.30. The Labute approximate surface area is 93.0 Å². The fourth-order valence-electron chi connectivity index (χ4n) is 4.00. The summed E-state index contributed by atoms with van der Waals surface area (Å²) in [4.78, 5) is 13.8. The maximum absolute atomic E-state index is 11.5. The van der Waals surface area contributed by atoms with Crippen molar-refractivity contribution in [1.82, 2.24) is 4.90 Å².